The Hall–Kier alpha value is -3.15. The van der Waals surface area contributed by atoms with E-state index in [4.69, 9.17) is 11.6 Å². The van der Waals surface area contributed by atoms with E-state index in [2.05, 4.69) is 25.2 Å². The highest BCUT2D eigenvalue weighted by Gasteiger charge is 2.36. The fraction of sp³-hybridized carbons (Fsp3) is 0.312. The summed E-state index contributed by atoms with van der Waals surface area (Å²) in [5.41, 5.74) is -2.06. The third kappa shape index (κ3) is 3.75. The topological polar surface area (TPSA) is 103 Å². The zero-order chi connectivity index (χ0) is 21.5. The van der Waals surface area contributed by atoms with Gasteiger partial charge in [-0.05, 0) is 19.9 Å². The summed E-state index contributed by atoms with van der Waals surface area (Å²) >= 11 is 6.09. The molecule has 0 bridgehead atoms. The smallest absolute Gasteiger partial charge is 0.433 e. The Labute approximate surface area is 166 Å². The molecular formula is C16H14ClF3N6O3. The van der Waals surface area contributed by atoms with Gasteiger partial charge in [-0.25, -0.2) is 14.3 Å². The number of halogens is 4. The molecule has 0 unspecified atom stereocenters. The highest BCUT2D eigenvalue weighted by Crippen LogP contribution is 2.32. The quantitative estimate of drug-likeness (QED) is 0.638. The van der Waals surface area contributed by atoms with E-state index in [0.29, 0.717) is 11.1 Å². The molecule has 0 radical (unpaired) electrons. The molecule has 0 saturated carbocycles. The van der Waals surface area contributed by atoms with Crippen LogP contribution in [0.5, 0.6) is 0 Å². The minimum Gasteiger partial charge on any atom is -0.464 e. The normalized spacial score (nSPS) is 11.7. The van der Waals surface area contributed by atoms with E-state index in [9.17, 15) is 22.8 Å². The number of nitrogens with one attached hydrogen (secondary N) is 1. The van der Waals surface area contributed by atoms with Gasteiger partial charge >= 0.3 is 12.1 Å². The third-order valence-electron chi connectivity index (χ3n) is 3.88. The van der Waals surface area contributed by atoms with Gasteiger partial charge in [0.05, 0.1) is 12.8 Å². The van der Waals surface area contributed by atoms with Crippen molar-refractivity contribution in [3.05, 3.63) is 40.1 Å². The molecule has 154 valence electrons. The van der Waals surface area contributed by atoms with Gasteiger partial charge in [0, 0.05) is 18.4 Å². The number of hydrogen-bond acceptors (Lipinski definition) is 6. The van der Waals surface area contributed by atoms with Crippen LogP contribution in [0.15, 0.2) is 12.3 Å². The van der Waals surface area contributed by atoms with Gasteiger partial charge in [-0.15, -0.1) is 0 Å². The minimum absolute atomic E-state index is 0.00277. The number of alkyl halides is 3. The van der Waals surface area contributed by atoms with Crippen LogP contribution in [-0.2, 0) is 17.5 Å². The SMILES string of the molecule is CCn1cc(NC(=O)c2nn3c(C(F)(F)F)cc(C)nc3c2Cl)c(C(=O)OC)n1. The Kier molecular flexibility index (Phi) is 5.22. The van der Waals surface area contributed by atoms with Crippen LogP contribution < -0.4 is 5.32 Å². The van der Waals surface area contributed by atoms with Gasteiger partial charge in [-0.3, -0.25) is 9.48 Å². The summed E-state index contributed by atoms with van der Waals surface area (Å²) in [6, 6.07) is 0.790. The fourth-order valence-electron chi connectivity index (χ4n) is 2.56. The highest BCUT2D eigenvalue weighted by atomic mass is 35.5. The van der Waals surface area contributed by atoms with Crippen molar-refractivity contribution in [2.24, 2.45) is 0 Å². The number of nitrogens with zero attached hydrogens (tertiary/aromatic N) is 5. The van der Waals surface area contributed by atoms with Gasteiger partial charge in [0.15, 0.2) is 17.0 Å². The maximum Gasteiger partial charge on any atom is 0.433 e. The Balaban J connectivity index is 2.06. The maximum absolute atomic E-state index is 13.3. The van der Waals surface area contributed by atoms with Crippen molar-refractivity contribution in [3.8, 4) is 0 Å². The van der Waals surface area contributed by atoms with Crippen LogP contribution in [0.2, 0.25) is 5.02 Å². The molecule has 0 spiro atoms. The lowest BCUT2D eigenvalue weighted by Crippen LogP contribution is -2.17. The molecule has 0 aromatic carbocycles. The van der Waals surface area contributed by atoms with Crippen LogP contribution in [0, 0.1) is 6.92 Å². The molecule has 0 aliphatic heterocycles. The predicted molar refractivity (Wildman–Crippen MR) is 94.9 cm³/mol. The van der Waals surface area contributed by atoms with Crippen molar-refractivity contribution in [3.63, 3.8) is 0 Å². The van der Waals surface area contributed by atoms with E-state index in [1.165, 1.54) is 17.8 Å². The number of carbonyl (C=O) groups excluding carboxylic acids is 2. The summed E-state index contributed by atoms with van der Waals surface area (Å²) in [7, 11) is 1.14. The van der Waals surface area contributed by atoms with Crippen molar-refractivity contribution in [2.45, 2.75) is 26.6 Å². The summed E-state index contributed by atoms with van der Waals surface area (Å²) in [5, 5.41) is 9.68. The number of aryl methyl sites for hydroxylation is 2. The average molecular weight is 431 g/mol. The standard InChI is InChI=1S/C16H14ClF3N6O3/c1-4-25-6-8(11(23-25)15(28)29-3)22-14(27)12-10(17)13-21-7(2)5-9(16(18,19)20)26(13)24-12/h5-6H,4H2,1-3H3,(H,22,27). The largest absolute Gasteiger partial charge is 0.464 e. The molecule has 3 heterocycles. The number of aromatic nitrogens is 5. The third-order valence-corrected chi connectivity index (χ3v) is 4.23. The summed E-state index contributed by atoms with van der Waals surface area (Å²) in [5.74, 6) is -1.74. The molecule has 0 saturated heterocycles. The number of fused-ring (bicyclic) bond motifs is 1. The monoisotopic (exact) mass is 430 g/mol. The van der Waals surface area contributed by atoms with Crippen LogP contribution in [0.4, 0.5) is 18.9 Å². The second-order valence-corrected chi connectivity index (χ2v) is 6.25. The number of hydrogen-bond donors (Lipinski definition) is 1. The highest BCUT2D eigenvalue weighted by molar-refractivity contribution is 6.37. The molecule has 3 rings (SSSR count). The van der Waals surface area contributed by atoms with Gasteiger partial charge in [0.2, 0.25) is 0 Å². The van der Waals surface area contributed by atoms with Crippen molar-refractivity contribution >= 4 is 34.8 Å². The summed E-state index contributed by atoms with van der Waals surface area (Å²) < 4.78 is 46.4. The van der Waals surface area contributed by atoms with Crippen molar-refractivity contribution in [1.29, 1.82) is 0 Å². The molecule has 3 aromatic heterocycles. The molecule has 9 nitrogen and oxygen atoms in total. The molecule has 0 aliphatic carbocycles. The molecule has 0 atom stereocenters. The Morgan fingerprint density at radius 3 is 2.55 bits per heavy atom. The van der Waals surface area contributed by atoms with Crippen LogP contribution >= 0.6 is 11.6 Å². The number of ether oxygens (including phenoxy) is 1. The lowest BCUT2D eigenvalue weighted by atomic mass is 10.3. The lowest BCUT2D eigenvalue weighted by molar-refractivity contribution is -0.142. The number of rotatable bonds is 4. The van der Waals surface area contributed by atoms with E-state index in [1.807, 2.05) is 0 Å². The Bertz CT molecular complexity index is 1120. The van der Waals surface area contributed by atoms with E-state index in [0.717, 1.165) is 13.2 Å². The molecule has 1 N–H and O–H groups in total. The Morgan fingerprint density at radius 1 is 1.28 bits per heavy atom. The first-order valence-electron chi connectivity index (χ1n) is 8.17. The molecule has 3 aromatic rings. The molecular weight excluding hydrogens is 417 g/mol. The van der Waals surface area contributed by atoms with Gasteiger partial charge in [-0.1, -0.05) is 11.6 Å². The second-order valence-electron chi connectivity index (χ2n) is 5.87. The summed E-state index contributed by atoms with van der Waals surface area (Å²) in [6.45, 7) is 3.51. The van der Waals surface area contributed by atoms with Gasteiger partial charge in [-0.2, -0.15) is 23.4 Å². The second kappa shape index (κ2) is 7.35. The van der Waals surface area contributed by atoms with Gasteiger partial charge < -0.3 is 10.1 Å². The maximum atomic E-state index is 13.3. The summed E-state index contributed by atoms with van der Waals surface area (Å²) in [4.78, 5) is 28.4. The zero-order valence-corrected chi connectivity index (χ0v) is 16.1. The van der Waals surface area contributed by atoms with E-state index >= 15 is 0 Å². The summed E-state index contributed by atoms with van der Waals surface area (Å²) in [6.07, 6.45) is -3.37. The minimum atomic E-state index is -4.74. The first-order chi connectivity index (χ1) is 13.6. The van der Waals surface area contributed by atoms with Crippen LogP contribution in [0.3, 0.4) is 0 Å². The Morgan fingerprint density at radius 2 is 1.97 bits per heavy atom. The molecule has 1 amide bonds. The predicted octanol–water partition coefficient (Wildman–Crippen LogP) is 2.97. The molecule has 0 aliphatic rings. The van der Waals surface area contributed by atoms with E-state index < -0.39 is 29.4 Å². The van der Waals surface area contributed by atoms with E-state index in [1.54, 1.807) is 6.92 Å². The first-order valence-corrected chi connectivity index (χ1v) is 8.54. The number of methoxy groups -OCH3 is 1. The number of anilines is 1. The van der Waals surface area contributed by atoms with Crippen molar-refractivity contribution in [1.82, 2.24) is 24.4 Å². The van der Waals surface area contributed by atoms with Crippen molar-refractivity contribution < 1.29 is 27.5 Å². The number of amides is 1. The van der Waals surface area contributed by atoms with Crippen molar-refractivity contribution in [2.75, 3.05) is 12.4 Å². The number of carbonyl (C=O) groups is 2. The van der Waals surface area contributed by atoms with Crippen LogP contribution in [-0.4, -0.2) is 43.4 Å². The average Bonchev–Trinajstić information content (AvgIpc) is 3.21. The fourth-order valence-corrected chi connectivity index (χ4v) is 2.81. The van der Waals surface area contributed by atoms with Gasteiger partial charge in [0.25, 0.3) is 5.91 Å². The van der Waals surface area contributed by atoms with Gasteiger partial charge in [0.1, 0.15) is 10.7 Å². The van der Waals surface area contributed by atoms with Crippen LogP contribution in [0.25, 0.3) is 5.65 Å². The molecule has 0 fully saturated rings. The molecule has 29 heavy (non-hydrogen) atoms. The molecule has 13 heteroatoms. The first kappa shape index (κ1) is 20.6. The van der Waals surface area contributed by atoms with Crippen LogP contribution in [0.1, 0.15) is 39.3 Å². The lowest BCUT2D eigenvalue weighted by Gasteiger charge is -2.09. The van der Waals surface area contributed by atoms with E-state index in [-0.39, 0.29) is 27.7 Å². The number of esters is 1. The zero-order valence-electron chi connectivity index (χ0n) is 15.3.